The summed E-state index contributed by atoms with van der Waals surface area (Å²) in [4.78, 5) is 16.8. The van der Waals surface area contributed by atoms with Gasteiger partial charge in [-0.25, -0.2) is 0 Å². The van der Waals surface area contributed by atoms with Gasteiger partial charge in [-0.3, -0.25) is 10.1 Å². The van der Waals surface area contributed by atoms with Gasteiger partial charge in [0.25, 0.3) is 0 Å². The van der Waals surface area contributed by atoms with Crippen LogP contribution in [0.25, 0.3) is 21.9 Å². The van der Waals surface area contributed by atoms with Crippen LogP contribution in [0.15, 0.2) is 89.5 Å². The number of nitrogens with one attached hydrogen (secondary N) is 3. The third-order valence-electron chi connectivity index (χ3n) is 6.28. The van der Waals surface area contributed by atoms with Crippen molar-refractivity contribution in [2.24, 2.45) is 0 Å². The number of benzene rings is 3. The van der Waals surface area contributed by atoms with Gasteiger partial charge in [-0.05, 0) is 36.8 Å². The van der Waals surface area contributed by atoms with Crippen molar-refractivity contribution in [1.29, 1.82) is 0 Å². The van der Waals surface area contributed by atoms with Crippen LogP contribution in [0.1, 0.15) is 23.8 Å². The highest BCUT2D eigenvalue weighted by Gasteiger charge is 2.34. The van der Waals surface area contributed by atoms with E-state index >= 15 is 0 Å². The molecule has 0 saturated heterocycles. The summed E-state index contributed by atoms with van der Waals surface area (Å²) in [6.45, 7) is 2.54. The van der Waals surface area contributed by atoms with Crippen molar-refractivity contribution in [1.82, 2.24) is 15.6 Å². The number of H-pyrrole nitrogens is 1. The summed E-state index contributed by atoms with van der Waals surface area (Å²) in [5.74, 6) is 0.772. The molecule has 3 aromatic carbocycles. The molecule has 172 valence electrons. The number of hydrogen-bond donors (Lipinski definition) is 4. The molecular weight excluding hydrogens is 426 g/mol. The number of fused-ring (bicyclic) bond motifs is 2. The van der Waals surface area contributed by atoms with E-state index in [1.54, 1.807) is 18.2 Å². The van der Waals surface area contributed by atoms with E-state index in [1.807, 2.05) is 67.7 Å². The van der Waals surface area contributed by atoms with Crippen LogP contribution >= 0.6 is 0 Å². The van der Waals surface area contributed by atoms with Crippen LogP contribution in [-0.2, 0) is 24.3 Å². The largest absolute Gasteiger partial charge is 0.508 e. The minimum atomic E-state index is -0.922. The first-order valence-corrected chi connectivity index (χ1v) is 11.3. The maximum Gasteiger partial charge on any atom is 0.240 e. The average Bonchev–Trinajstić information content (AvgIpc) is 3.46. The Morgan fingerprint density at radius 3 is 2.59 bits per heavy atom. The van der Waals surface area contributed by atoms with E-state index in [4.69, 9.17) is 4.42 Å². The van der Waals surface area contributed by atoms with Crippen LogP contribution < -0.4 is 10.6 Å². The third kappa shape index (κ3) is 4.40. The predicted molar refractivity (Wildman–Crippen MR) is 133 cm³/mol. The second-order valence-corrected chi connectivity index (χ2v) is 8.78. The molecule has 6 nitrogen and oxygen atoms in total. The Hall–Kier alpha value is -4.03. The lowest BCUT2D eigenvalue weighted by molar-refractivity contribution is -0.127. The van der Waals surface area contributed by atoms with Gasteiger partial charge >= 0.3 is 0 Å². The molecular formula is C28H27N3O3. The summed E-state index contributed by atoms with van der Waals surface area (Å²) in [6.07, 6.45) is 2.44. The number of phenols is 1. The van der Waals surface area contributed by atoms with E-state index in [0.29, 0.717) is 18.5 Å². The van der Waals surface area contributed by atoms with E-state index in [0.717, 1.165) is 33.2 Å². The summed E-state index contributed by atoms with van der Waals surface area (Å²) >= 11 is 0. The normalized spacial score (nSPS) is 13.2. The fourth-order valence-electron chi connectivity index (χ4n) is 4.32. The summed E-state index contributed by atoms with van der Waals surface area (Å²) in [6, 6.07) is 24.9. The van der Waals surface area contributed by atoms with Crippen LogP contribution in [0.4, 0.5) is 0 Å². The second kappa shape index (κ2) is 9.08. The minimum Gasteiger partial charge on any atom is -0.508 e. The molecule has 2 aromatic heterocycles. The number of aromatic amines is 1. The van der Waals surface area contributed by atoms with Crippen LogP contribution in [0.5, 0.6) is 5.75 Å². The zero-order valence-electron chi connectivity index (χ0n) is 19.0. The Kier molecular flexibility index (Phi) is 5.82. The monoisotopic (exact) mass is 453 g/mol. The van der Waals surface area contributed by atoms with E-state index < -0.39 is 5.54 Å². The van der Waals surface area contributed by atoms with Crippen molar-refractivity contribution in [3.8, 4) is 5.75 Å². The molecule has 6 heteroatoms. The fraction of sp³-hybridized carbons (Fsp3) is 0.179. The quantitative estimate of drug-likeness (QED) is 0.265. The summed E-state index contributed by atoms with van der Waals surface area (Å²) < 4.78 is 5.96. The molecule has 34 heavy (non-hydrogen) atoms. The van der Waals surface area contributed by atoms with Gasteiger partial charge in [0.2, 0.25) is 5.91 Å². The maximum absolute atomic E-state index is 13.5. The van der Waals surface area contributed by atoms with Crippen molar-refractivity contribution in [2.45, 2.75) is 32.0 Å². The number of hydrogen-bond acceptors (Lipinski definition) is 4. The van der Waals surface area contributed by atoms with Gasteiger partial charge in [0.15, 0.2) is 0 Å². The number of furan rings is 1. The molecule has 0 saturated carbocycles. The van der Waals surface area contributed by atoms with Gasteiger partial charge in [-0.2, -0.15) is 0 Å². The molecule has 5 rings (SSSR count). The highest BCUT2D eigenvalue weighted by atomic mass is 16.3. The molecule has 1 unspecified atom stereocenters. The molecule has 1 amide bonds. The van der Waals surface area contributed by atoms with Gasteiger partial charge in [0.1, 0.15) is 17.1 Å². The van der Waals surface area contributed by atoms with Crippen molar-refractivity contribution in [3.63, 3.8) is 0 Å². The molecule has 0 radical (unpaired) electrons. The second-order valence-electron chi connectivity index (χ2n) is 8.78. The Bertz CT molecular complexity index is 1420. The first kappa shape index (κ1) is 21.8. The van der Waals surface area contributed by atoms with Gasteiger partial charge in [0.05, 0.1) is 12.1 Å². The van der Waals surface area contributed by atoms with Crippen molar-refractivity contribution < 1.29 is 14.3 Å². The van der Waals surface area contributed by atoms with Gasteiger partial charge in [0, 0.05) is 41.0 Å². The third-order valence-corrected chi connectivity index (χ3v) is 6.28. The van der Waals surface area contributed by atoms with E-state index in [-0.39, 0.29) is 18.2 Å². The molecule has 1 atom stereocenters. The van der Waals surface area contributed by atoms with E-state index in [1.165, 1.54) is 0 Å². The van der Waals surface area contributed by atoms with Crippen molar-refractivity contribution in [3.05, 3.63) is 102 Å². The topological polar surface area (TPSA) is 90.3 Å². The SMILES string of the molecule is CC(Cc1c[nH]c2ccccc12)(NCc1cc2ccccc2o1)C(=O)NCc1ccccc1O. The molecule has 5 aromatic rings. The molecule has 0 aliphatic carbocycles. The van der Waals surface area contributed by atoms with Crippen LogP contribution in [0.3, 0.4) is 0 Å². The van der Waals surface area contributed by atoms with Gasteiger partial charge < -0.3 is 19.8 Å². The first-order valence-electron chi connectivity index (χ1n) is 11.3. The molecule has 0 spiro atoms. The Morgan fingerprint density at radius 1 is 0.971 bits per heavy atom. The molecule has 0 aliphatic heterocycles. The van der Waals surface area contributed by atoms with E-state index in [9.17, 15) is 9.90 Å². The predicted octanol–water partition coefficient (Wildman–Crippen LogP) is 5.03. The summed E-state index contributed by atoms with van der Waals surface area (Å²) in [7, 11) is 0. The van der Waals surface area contributed by atoms with E-state index in [2.05, 4.69) is 21.7 Å². The lowest BCUT2D eigenvalue weighted by Crippen LogP contribution is -2.55. The number of carbonyl (C=O) groups excluding carboxylic acids is 1. The minimum absolute atomic E-state index is 0.155. The number of aromatic hydroxyl groups is 1. The summed E-state index contributed by atoms with van der Waals surface area (Å²) in [5, 5.41) is 18.7. The number of aromatic nitrogens is 1. The number of amides is 1. The fourth-order valence-corrected chi connectivity index (χ4v) is 4.32. The first-order chi connectivity index (χ1) is 16.5. The molecule has 0 fully saturated rings. The molecule has 0 aliphatic rings. The number of para-hydroxylation sites is 3. The Morgan fingerprint density at radius 2 is 1.74 bits per heavy atom. The zero-order valence-corrected chi connectivity index (χ0v) is 19.0. The molecule has 0 bridgehead atoms. The smallest absolute Gasteiger partial charge is 0.240 e. The van der Waals surface area contributed by atoms with Crippen LogP contribution in [0, 0.1) is 0 Å². The number of rotatable bonds is 8. The zero-order chi connectivity index (χ0) is 23.5. The Labute approximate surface area is 197 Å². The van der Waals surface area contributed by atoms with Crippen molar-refractivity contribution >= 4 is 27.8 Å². The van der Waals surface area contributed by atoms with Gasteiger partial charge in [-0.1, -0.05) is 54.6 Å². The highest BCUT2D eigenvalue weighted by Crippen LogP contribution is 2.25. The van der Waals surface area contributed by atoms with Gasteiger partial charge in [-0.15, -0.1) is 0 Å². The lowest BCUT2D eigenvalue weighted by atomic mass is 9.91. The lowest BCUT2D eigenvalue weighted by Gasteiger charge is -2.29. The maximum atomic E-state index is 13.5. The number of carbonyl (C=O) groups is 1. The molecule has 4 N–H and O–H groups in total. The van der Waals surface area contributed by atoms with Crippen molar-refractivity contribution in [2.75, 3.05) is 0 Å². The standard InChI is InChI=1S/C28H27N3O3/c1-28(15-21-17-29-24-11-5-4-10-23(21)24,27(33)30-16-20-9-2-6-12-25(20)32)31-18-22-14-19-8-3-7-13-26(19)34-22/h2-14,17,29,31-32H,15-16,18H2,1H3,(H,30,33). The highest BCUT2D eigenvalue weighted by molar-refractivity contribution is 5.89. The number of phenolic OH excluding ortho intramolecular Hbond substituents is 1. The van der Waals surface area contributed by atoms with Crippen LogP contribution in [0.2, 0.25) is 0 Å². The Balaban J connectivity index is 1.39. The molecule has 2 heterocycles. The summed E-state index contributed by atoms with van der Waals surface area (Å²) in [5.41, 5.74) is 2.65. The van der Waals surface area contributed by atoms with Crippen LogP contribution in [-0.4, -0.2) is 21.5 Å². The average molecular weight is 454 g/mol.